The molecule has 33 heavy (non-hydrogen) atoms. The number of aromatic nitrogens is 3. The third kappa shape index (κ3) is 4.47. The first kappa shape index (κ1) is 22.9. The third-order valence-electron chi connectivity index (χ3n) is 5.45. The topological polar surface area (TPSA) is 69.4 Å². The number of hydrogen-bond donors (Lipinski definition) is 0. The van der Waals surface area contributed by atoms with Gasteiger partial charge in [0.25, 0.3) is 11.5 Å². The molecule has 3 heterocycles. The second-order valence-corrected chi connectivity index (χ2v) is 8.22. The molecule has 0 saturated carbocycles. The summed E-state index contributed by atoms with van der Waals surface area (Å²) in [7, 11) is 0. The van der Waals surface area contributed by atoms with Gasteiger partial charge in [-0.2, -0.15) is 13.2 Å². The van der Waals surface area contributed by atoms with Gasteiger partial charge in [-0.1, -0.05) is 11.6 Å². The Bertz CT molecular complexity index is 1270. The molecule has 0 unspecified atom stereocenters. The highest BCUT2D eigenvalue weighted by Gasteiger charge is 2.35. The lowest BCUT2D eigenvalue weighted by Crippen LogP contribution is -2.50. The number of rotatable bonds is 5. The Morgan fingerprint density at radius 1 is 1.18 bits per heavy atom. The number of alkyl halides is 3. The molecule has 0 bridgehead atoms. The molecule has 0 N–H and O–H groups in total. The van der Waals surface area contributed by atoms with Crippen molar-refractivity contribution in [2.24, 2.45) is 0 Å². The number of carbonyl (C=O) groups excluding carboxylic acids is 1. The number of nitrogens with zero attached hydrogens (tertiary/aromatic N) is 4. The van der Waals surface area contributed by atoms with Crippen molar-refractivity contribution in [3.05, 3.63) is 75.2 Å². The number of amides is 1. The van der Waals surface area contributed by atoms with E-state index < -0.39 is 23.7 Å². The zero-order valence-electron chi connectivity index (χ0n) is 17.8. The zero-order valence-corrected chi connectivity index (χ0v) is 18.5. The number of carbonyl (C=O) groups is 1. The van der Waals surface area contributed by atoms with Crippen LogP contribution in [-0.4, -0.2) is 44.1 Å². The minimum Gasteiger partial charge on any atom is -0.491 e. The fraction of sp³-hybridized carbons (Fsp3) is 0.318. The van der Waals surface area contributed by atoms with Crippen molar-refractivity contribution in [3.63, 3.8) is 0 Å². The van der Waals surface area contributed by atoms with Gasteiger partial charge in [-0.25, -0.2) is 4.98 Å². The summed E-state index contributed by atoms with van der Waals surface area (Å²) in [4.78, 5) is 31.6. The maximum atomic E-state index is 13.3. The van der Waals surface area contributed by atoms with Gasteiger partial charge >= 0.3 is 6.18 Å². The summed E-state index contributed by atoms with van der Waals surface area (Å²) in [5.41, 5.74) is 0.0345. The Labute approximate surface area is 192 Å². The second-order valence-electron chi connectivity index (χ2n) is 7.78. The smallest absolute Gasteiger partial charge is 0.420 e. The molecule has 1 atom stereocenters. The Morgan fingerprint density at radius 2 is 1.94 bits per heavy atom. The summed E-state index contributed by atoms with van der Waals surface area (Å²) in [5.74, 6) is -0.755. The fourth-order valence-electron chi connectivity index (χ4n) is 3.75. The average molecular weight is 481 g/mol. The van der Waals surface area contributed by atoms with Crippen LogP contribution >= 0.6 is 11.6 Å². The van der Waals surface area contributed by atoms with E-state index in [0.717, 1.165) is 17.8 Å². The highest BCUT2D eigenvalue weighted by atomic mass is 35.5. The van der Waals surface area contributed by atoms with Crippen LogP contribution in [0.4, 0.5) is 13.2 Å². The highest BCUT2D eigenvalue weighted by molar-refractivity contribution is 6.30. The highest BCUT2D eigenvalue weighted by Crippen LogP contribution is 2.38. The number of ether oxygens (including phenoxy) is 1. The van der Waals surface area contributed by atoms with Crippen molar-refractivity contribution in [2.45, 2.75) is 32.6 Å². The molecule has 174 valence electrons. The lowest BCUT2D eigenvalue weighted by molar-refractivity contribution is -0.139. The Kier molecular flexibility index (Phi) is 5.96. The minimum atomic E-state index is -4.63. The summed E-state index contributed by atoms with van der Waals surface area (Å²) in [5, 5.41) is -0.0544. The van der Waals surface area contributed by atoms with Crippen molar-refractivity contribution < 1.29 is 22.7 Å². The van der Waals surface area contributed by atoms with Crippen molar-refractivity contribution in [3.8, 4) is 11.4 Å². The van der Waals surface area contributed by atoms with E-state index in [1.807, 2.05) is 0 Å². The Balaban J connectivity index is 1.52. The SMILES string of the molecule is Cc1cn(-c2ccc3n(c2=O)CCN([C@@H](C)COc2ccc(Cl)cc2C(F)(F)F)C3=O)cn1. The summed E-state index contributed by atoms with van der Waals surface area (Å²) >= 11 is 5.70. The molecule has 0 saturated heterocycles. The van der Waals surface area contributed by atoms with Crippen molar-refractivity contribution in [2.75, 3.05) is 13.2 Å². The predicted molar refractivity (Wildman–Crippen MR) is 115 cm³/mol. The molecule has 1 aliphatic heterocycles. The van der Waals surface area contributed by atoms with Gasteiger partial charge in [0.05, 0.1) is 23.6 Å². The molecule has 1 aromatic carbocycles. The van der Waals surface area contributed by atoms with E-state index in [2.05, 4.69) is 4.98 Å². The fourth-order valence-corrected chi connectivity index (χ4v) is 3.92. The molecule has 0 aliphatic carbocycles. The van der Waals surface area contributed by atoms with Gasteiger partial charge in [0.2, 0.25) is 0 Å². The van der Waals surface area contributed by atoms with Crippen molar-refractivity contribution >= 4 is 17.5 Å². The number of imidazole rings is 1. The lowest BCUT2D eigenvalue weighted by atomic mass is 10.1. The maximum absolute atomic E-state index is 13.3. The van der Waals surface area contributed by atoms with Crippen LogP contribution in [0.2, 0.25) is 5.02 Å². The number of hydrogen-bond acceptors (Lipinski definition) is 4. The number of halogens is 4. The molecular weight excluding hydrogens is 461 g/mol. The van der Waals surface area contributed by atoms with Crippen molar-refractivity contribution in [1.82, 2.24) is 19.0 Å². The van der Waals surface area contributed by atoms with E-state index in [0.29, 0.717) is 5.69 Å². The minimum absolute atomic E-state index is 0.0544. The predicted octanol–water partition coefficient (Wildman–Crippen LogP) is 3.94. The van der Waals surface area contributed by atoms with Gasteiger partial charge in [0.15, 0.2) is 0 Å². The van der Waals surface area contributed by atoms with E-state index >= 15 is 0 Å². The average Bonchev–Trinajstić information content (AvgIpc) is 3.18. The van der Waals surface area contributed by atoms with Gasteiger partial charge < -0.3 is 18.8 Å². The molecule has 3 aromatic rings. The van der Waals surface area contributed by atoms with Crippen LogP contribution in [0.5, 0.6) is 5.75 Å². The summed E-state index contributed by atoms with van der Waals surface area (Å²) in [6.45, 7) is 3.79. The number of pyridine rings is 1. The first-order chi connectivity index (χ1) is 15.6. The molecule has 0 radical (unpaired) electrons. The summed E-state index contributed by atoms with van der Waals surface area (Å²) < 4.78 is 48.3. The molecular formula is C22H20ClF3N4O3. The Hall–Kier alpha value is -3.27. The molecule has 1 aliphatic rings. The molecule has 11 heteroatoms. The number of benzene rings is 1. The van der Waals surface area contributed by atoms with E-state index in [4.69, 9.17) is 16.3 Å². The first-order valence-electron chi connectivity index (χ1n) is 10.1. The van der Waals surface area contributed by atoms with Gasteiger partial charge in [-0.05, 0) is 44.2 Å². The second kappa shape index (κ2) is 8.58. The van der Waals surface area contributed by atoms with Crippen LogP contribution in [0.15, 0.2) is 47.7 Å². The molecule has 7 nitrogen and oxygen atoms in total. The van der Waals surface area contributed by atoms with Crippen LogP contribution in [0, 0.1) is 6.92 Å². The van der Waals surface area contributed by atoms with Crippen LogP contribution in [0.25, 0.3) is 5.69 Å². The van der Waals surface area contributed by atoms with E-state index in [1.165, 1.54) is 21.9 Å². The van der Waals surface area contributed by atoms with E-state index in [-0.39, 0.29) is 41.7 Å². The summed E-state index contributed by atoms with van der Waals surface area (Å²) in [6, 6.07) is 5.86. The molecule has 2 aromatic heterocycles. The first-order valence-corrected chi connectivity index (χ1v) is 10.5. The maximum Gasteiger partial charge on any atom is 0.420 e. The van der Waals surface area contributed by atoms with Crippen LogP contribution < -0.4 is 10.3 Å². The van der Waals surface area contributed by atoms with Crippen LogP contribution in [0.3, 0.4) is 0 Å². The number of fused-ring (bicyclic) bond motifs is 1. The van der Waals surface area contributed by atoms with Gasteiger partial charge in [0.1, 0.15) is 23.7 Å². The normalized spacial score (nSPS) is 14.8. The lowest BCUT2D eigenvalue weighted by Gasteiger charge is -2.34. The quantitative estimate of drug-likeness (QED) is 0.555. The molecule has 1 amide bonds. The monoisotopic (exact) mass is 480 g/mol. The third-order valence-corrected chi connectivity index (χ3v) is 5.68. The van der Waals surface area contributed by atoms with Gasteiger partial charge in [-0.15, -0.1) is 0 Å². The molecule has 4 rings (SSSR count). The van der Waals surface area contributed by atoms with Gasteiger partial charge in [0, 0.05) is 24.3 Å². The van der Waals surface area contributed by atoms with Crippen molar-refractivity contribution in [1.29, 1.82) is 0 Å². The van der Waals surface area contributed by atoms with Crippen LogP contribution in [0.1, 0.15) is 28.7 Å². The van der Waals surface area contributed by atoms with Crippen LogP contribution in [-0.2, 0) is 12.7 Å². The number of aryl methyl sites for hydroxylation is 1. The summed E-state index contributed by atoms with van der Waals surface area (Å²) in [6.07, 6.45) is -1.39. The standard InChI is InChI=1S/C22H20ClF3N4O3/c1-13-10-28(12-27-13)17-4-5-18-21(32)29(7-8-30(18)20(17)31)14(2)11-33-19-6-3-15(23)9-16(19)22(24,25)26/h3-6,9-10,12,14H,7-8,11H2,1-2H3/t14-/m0/s1. The zero-order chi connectivity index (χ0) is 23.9. The Morgan fingerprint density at radius 3 is 2.61 bits per heavy atom. The van der Waals surface area contributed by atoms with E-state index in [1.54, 1.807) is 36.7 Å². The van der Waals surface area contributed by atoms with E-state index in [9.17, 15) is 22.8 Å². The van der Waals surface area contributed by atoms with Gasteiger partial charge in [-0.3, -0.25) is 9.59 Å². The largest absolute Gasteiger partial charge is 0.491 e. The molecule has 0 spiro atoms. The molecule has 0 fully saturated rings.